The van der Waals surface area contributed by atoms with E-state index in [1.54, 1.807) is 23.7 Å². The third-order valence-corrected chi connectivity index (χ3v) is 5.30. The summed E-state index contributed by atoms with van der Waals surface area (Å²) < 4.78 is 5.85. The van der Waals surface area contributed by atoms with Crippen LogP contribution in [0.2, 0.25) is 0 Å². The van der Waals surface area contributed by atoms with E-state index in [0.29, 0.717) is 0 Å². The van der Waals surface area contributed by atoms with Crippen LogP contribution >= 0.6 is 11.3 Å². The molecule has 2 heterocycles. The standard InChI is InChI=1S/C22H27N3OS/c1-2-3-4-5-6-7-12-26-20-10-8-18(9-11-20)13-22-25-21(16-27-22)19-14-23-17-24-15-19/h8-11,14-17H,2-7,12-13H2,1H3. The first-order valence-corrected chi connectivity index (χ1v) is 10.6. The molecule has 0 saturated carbocycles. The second kappa shape index (κ2) is 10.8. The molecule has 0 spiro atoms. The number of aromatic nitrogens is 3. The average Bonchev–Trinajstić information content (AvgIpc) is 3.18. The summed E-state index contributed by atoms with van der Waals surface area (Å²) >= 11 is 1.67. The number of hydrogen-bond acceptors (Lipinski definition) is 5. The summed E-state index contributed by atoms with van der Waals surface area (Å²) in [6, 6.07) is 8.38. The van der Waals surface area contributed by atoms with Gasteiger partial charge in [-0.05, 0) is 24.1 Å². The van der Waals surface area contributed by atoms with Crippen molar-refractivity contribution >= 4 is 11.3 Å². The Bertz CT molecular complexity index is 787. The van der Waals surface area contributed by atoms with Gasteiger partial charge in [0, 0.05) is 29.8 Å². The second-order valence-electron chi connectivity index (χ2n) is 6.69. The zero-order valence-electron chi connectivity index (χ0n) is 15.9. The number of unbranched alkanes of at least 4 members (excludes halogenated alkanes) is 5. The molecule has 0 amide bonds. The van der Waals surface area contributed by atoms with Crippen LogP contribution in [0, 0.1) is 0 Å². The fourth-order valence-corrected chi connectivity index (χ4v) is 3.74. The van der Waals surface area contributed by atoms with E-state index in [0.717, 1.165) is 41.5 Å². The van der Waals surface area contributed by atoms with Crippen LogP contribution in [0.5, 0.6) is 5.75 Å². The third-order valence-electron chi connectivity index (χ3n) is 4.45. The molecule has 0 radical (unpaired) electrons. The van der Waals surface area contributed by atoms with E-state index in [1.165, 1.54) is 44.0 Å². The van der Waals surface area contributed by atoms with Crippen molar-refractivity contribution in [1.29, 1.82) is 0 Å². The van der Waals surface area contributed by atoms with Crippen molar-refractivity contribution in [1.82, 2.24) is 15.0 Å². The molecule has 0 N–H and O–H groups in total. The maximum absolute atomic E-state index is 5.85. The van der Waals surface area contributed by atoms with E-state index in [9.17, 15) is 0 Å². The van der Waals surface area contributed by atoms with Crippen LogP contribution in [0.3, 0.4) is 0 Å². The predicted molar refractivity (Wildman–Crippen MR) is 111 cm³/mol. The molecule has 0 unspecified atom stereocenters. The van der Waals surface area contributed by atoms with Crippen molar-refractivity contribution in [2.45, 2.75) is 51.9 Å². The van der Waals surface area contributed by atoms with E-state index in [-0.39, 0.29) is 0 Å². The summed E-state index contributed by atoms with van der Waals surface area (Å²) in [5.41, 5.74) is 3.14. The lowest BCUT2D eigenvalue weighted by molar-refractivity contribution is 0.304. The Morgan fingerprint density at radius 3 is 2.44 bits per heavy atom. The number of rotatable bonds is 11. The van der Waals surface area contributed by atoms with Crippen LogP contribution < -0.4 is 4.74 Å². The van der Waals surface area contributed by atoms with Crippen LogP contribution in [0.4, 0.5) is 0 Å². The zero-order chi connectivity index (χ0) is 18.7. The highest BCUT2D eigenvalue weighted by Crippen LogP contribution is 2.23. The van der Waals surface area contributed by atoms with Gasteiger partial charge in [-0.1, -0.05) is 51.2 Å². The maximum atomic E-state index is 5.85. The highest BCUT2D eigenvalue weighted by molar-refractivity contribution is 7.10. The van der Waals surface area contributed by atoms with E-state index in [1.807, 2.05) is 0 Å². The molecule has 0 aliphatic heterocycles. The number of benzene rings is 1. The highest BCUT2D eigenvalue weighted by Gasteiger charge is 2.06. The van der Waals surface area contributed by atoms with Gasteiger partial charge >= 0.3 is 0 Å². The molecule has 2 aromatic heterocycles. The Balaban J connectivity index is 1.43. The van der Waals surface area contributed by atoms with Crippen LogP contribution in [0.25, 0.3) is 11.3 Å². The molecule has 0 aliphatic rings. The third kappa shape index (κ3) is 6.43. The second-order valence-corrected chi connectivity index (χ2v) is 7.63. The highest BCUT2D eigenvalue weighted by atomic mass is 32.1. The minimum Gasteiger partial charge on any atom is -0.494 e. The molecule has 4 nitrogen and oxygen atoms in total. The molecule has 0 atom stereocenters. The lowest BCUT2D eigenvalue weighted by atomic mass is 10.1. The molecular formula is C22H27N3OS. The first kappa shape index (κ1) is 19.5. The zero-order valence-corrected chi connectivity index (χ0v) is 16.8. The minimum atomic E-state index is 0.806. The SMILES string of the molecule is CCCCCCCCOc1ccc(Cc2nc(-c3cncnc3)cs2)cc1. The van der Waals surface area contributed by atoms with Crippen LogP contribution in [0.1, 0.15) is 56.0 Å². The Labute approximate surface area is 165 Å². The fraction of sp³-hybridized carbons (Fsp3) is 0.409. The molecule has 0 fully saturated rings. The Kier molecular flexibility index (Phi) is 7.78. The lowest BCUT2D eigenvalue weighted by Crippen LogP contribution is -1.97. The largest absolute Gasteiger partial charge is 0.494 e. The van der Waals surface area contributed by atoms with Gasteiger partial charge in [-0.2, -0.15) is 0 Å². The molecule has 27 heavy (non-hydrogen) atoms. The number of hydrogen-bond donors (Lipinski definition) is 0. The monoisotopic (exact) mass is 381 g/mol. The summed E-state index contributed by atoms with van der Waals surface area (Å²) in [6.45, 7) is 3.05. The first-order chi connectivity index (χ1) is 13.3. The number of thiazole rings is 1. The maximum Gasteiger partial charge on any atom is 0.119 e. The molecule has 3 rings (SSSR count). The van der Waals surface area contributed by atoms with Crippen molar-refractivity contribution in [3.8, 4) is 17.0 Å². The molecule has 1 aromatic carbocycles. The van der Waals surface area contributed by atoms with Crippen LogP contribution in [0.15, 0.2) is 48.4 Å². The van der Waals surface area contributed by atoms with E-state index >= 15 is 0 Å². The van der Waals surface area contributed by atoms with Gasteiger partial charge in [0.25, 0.3) is 0 Å². The summed E-state index contributed by atoms with van der Waals surface area (Å²) in [5, 5.41) is 3.15. The van der Waals surface area contributed by atoms with Crippen molar-refractivity contribution in [2.75, 3.05) is 6.61 Å². The smallest absolute Gasteiger partial charge is 0.119 e. The van der Waals surface area contributed by atoms with Crippen LogP contribution in [-0.2, 0) is 6.42 Å². The Hall–Kier alpha value is -2.27. The fourth-order valence-electron chi connectivity index (χ4n) is 2.91. The molecule has 0 aliphatic carbocycles. The molecule has 142 valence electrons. The molecule has 5 heteroatoms. The van der Waals surface area contributed by atoms with Gasteiger partial charge < -0.3 is 4.74 Å². The van der Waals surface area contributed by atoms with Gasteiger partial charge in [0.05, 0.1) is 17.3 Å². The minimum absolute atomic E-state index is 0.806. The Morgan fingerprint density at radius 1 is 0.926 bits per heavy atom. The molecular weight excluding hydrogens is 354 g/mol. The van der Waals surface area contributed by atoms with Crippen molar-refractivity contribution in [2.24, 2.45) is 0 Å². The summed E-state index contributed by atoms with van der Waals surface area (Å²) in [4.78, 5) is 12.8. The van der Waals surface area contributed by atoms with Gasteiger partial charge in [0.1, 0.15) is 12.1 Å². The quantitative estimate of drug-likeness (QED) is 0.386. The van der Waals surface area contributed by atoms with Gasteiger partial charge in [0.2, 0.25) is 0 Å². The van der Waals surface area contributed by atoms with Gasteiger partial charge in [-0.3, -0.25) is 0 Å². The van der Waals surface area contributed by atoms with Gasteiger partial charge in [0.15, 0.2) is 0 Å². The van der Waals surface area contributed by atoms with E-state index in [4.69, 9.17) is 9.72 Å². The summed E-state index contributed by atoms with van der Waals surface area (Å²) in [5.74, 6) is 0.952. The van der Waals surface area contributed by atoms with Crippen LogP contribution in [-0.4, -0.2) is 21.6 Å². The Morgan fingerprint density at radius 2 is 1.67 bits per heavy atom. The summed E-state index contributed by atoms with van der Waals surface area (Å²) in [7, 11) is 0. The number of nitrogens with zero attached hydrogens (tertiary/aromatic N) is 3. The molecule has 0 saturated heterocycles. The number of ether oxygens (including phenoxy) is 1. The van der Waals surface area contributed by atoms with Crippen molar-refractivity contribution < 1.29 is 4.74 Å². The van der Waals surface area contributed by atoms with Crippen molar-refractivity contribution in [3.05, 3.63) is 58.9 Å². The average molecular weight is 382 g/mol. The predicted octanol–water partition coefficient (Wildman–Crippen LogP) is 5.93. The first-order valence-electron chi connectivity index (χ1n) is 9.76. The topological polar surface area (TPSA) is 47.9 Å². The van der Waals surface area contributed by atoms with E-state index in [2.05, 4.69) is 46.5 Å². The van der Waals surface area contributed by atoms with Crippen molar-refractivity contribution in [3.63, 3.8) is 0 Å². The van der Waals surface area contributed by atoms with Gasteiger partial charge in [-0.25, -0.2) is 15.0 Å². The summed E-state index contributed by atoms with van der Waals surface area (Å²) in [6.07, 6.45) is 13.7. The molecule has 3 aromatic rings. The normalized spacial score (nSPS) is 10.9. The van der Waals surface area contributed by atoms with Gasteiger partial charge in [-0.15, -0.1) is 11.3 Å². The molecule has 0 bridgehead atoms. The lowest BCUT2D eigenvalue weighted by Gasteiger charge is -2.07. The van der Waals surface area contributed by atoms with E-state index < -0.39 is 0 Å².